The van der Waals surface area contributed by atoms with E-state index in [0.29, 0.717) is 11.3 Å². The molecule has 8 heteroatoms. The maximum absolute atomic E-state index is 13.9. The number of sulfonamides is 1. The fourth-order valence-electron chi connectivity index (χ4n) is 5.05. The van der Waals surface area contributed by atoms with Crippen molar-refractivity contribution in [1.82, 2.24) is 4.72 Å². The zero-order chi connectivity index (χ0) is 31.2. The first-order valence-electron chi connectivity index (χ1n) is 14.1. The van der Waals surface area contributed by atoms with E-state index in [1.807, 2.05) is 97.9 Å². The van der Waals surface area contributed by atoms with Gasteiger partial charge >= 0.3 is 6.18 Å². The minimum Gasteiger partial charge on any atom is -0.275 e. The summed E-state index contributed by atoms with van der Waals surface area (Å²) in [6, 6.07) is 38.7. The Morgan fingerprint density at radius 2 is 1.23 bits per heavy atom. The molecule has 2 atom stereocenters. The molecule has 0 amide bonds. The van der Waals surface area contributed by atoms with Crippen molar-refractivity contribution >= 4 is 15.7 Å². The minimum absolute atomic E-state index is 0.100. The molecule has 0 spiro atoms. The van der Waals surface area contributed by atoms with Crippen LogP contribution in [0.3, 0.4) is 0 Å². The van der Waals surface area contributed by atoms with E-state index >= 15 is 0 Å². The van der Waals surface area contributed by atoms with Crippen molar-refractivity contribution in [3.63, 3.8) is 0 Å². The molecule has 0 aliphatic carbocycles. The maximum Gasteiger partial charge on any atom is 0.416 e. The van der Waals surface area contributed by atoms with Gasteiger partial charge in [0, 0.05) is 23.6 Å². The third kappa shape index (κ3) is 7.51. The summed E-state index contributed by atoms with van der Waals surface area (Å²) >= 11 is 0. The van der Waals surface area contributed by atoms with Gasteiger partial charge in [-0.15, -0.1) is 0 Å². The summed E-state index contributed by atoms with van der Waals surface area (Å²) in [6.45, 7) is 1.76. The highest BCUT2D eigenvalue weighted by molar-refractivity contribution is 7.89. The van der Waals surface area contributed by atoms with Crippen molar-refractivity contribution in [2.75, 3.05) is 6.54 Å². The Labute approximate surface area is 256 Å². The number of nitrogens with one attached hydrogen (secondary N) is 1. The number of rotatable bonds is 10. The van der Waals surface area contributed by atoms with Crippen LogP contribution in [0, 0.1) is 6.92 Å². The van der Waals surface area contributed by atoms with E-state index in [2.05, 4.69) is 4.72 Å². The van der Waals surface area contributed by atoms with Gasteiger partial charge in [-0.1, -0.05) is 121 Å². The fourth-order valence-corrected chi connectivity index (χ4v) is 6.11. The Hall–Kier alpha value is -4.53. The largest absolute Gasteiger partial charge is 0.416 e. The van der Waals surface area contributed by atoms with Gasteiger partial charge in [-0.25, -0.2) is 13.1 Å². The van der Waals surface area contributed by atoms with Crippen LogP contribution in [0.4, 0.5) is 13.2 Å². The third-order valence-corrected chi connectivity index (χ3v) is 8.79. The van der Waals surface area contributed by atoms with Gasteiger partial charge in [0.05, 0.1) is 22.2 Å². The van der Waals surface area contributed by atoms with Gasteiger partial charge in [0.25, 0.3) is 0 Å². The normalized spacial score (nSPS) is 13.2. The molecule has 0 fully saturated rings. The lowest BCUT2D eigenvalue weighted by Crippen LogP contribution is -2.31. The molecule has 5 aromatic carbocycles. The van der Waals surface area contributed by atoms with Crippen LogP contribution in [-0.4, -0.2) is 20.7 Å². The zero-order valence-electron chi connectivity index (χ0n) is 23.9. The Morgan fingerprint density at radius 3 is 1.77 bits per heavy atom. The first-order chi connectivity index (χ1) is 21.1. The summed E-state index contributed by atoms with van der Waals surface area (Å²) in [5, 5.41) is 0. The third-order valence-electron chi connectivity index (χ3n) is 7.35. The number of benzene rings is 5. The van der Waals surface area contributed by atoms with Crippen LogP contribution >= 0.6 is 0 Å². The van der Waals surface area contributed by atoms with Crippen molar-refractivity contribution in [2.24, 2.45) is 4.99 Å². The van der Waals surface area contributed by atoms with Gasteiger partial charge in [0.15, 0.2) is 0 Å². The van der Waals surface area contributed by atoms with E-state index in [4.69, 9.17) is 4.99 Å². The monoisotopic (exact) mass is 612 g/mol. The quantitative estimate of drug-likeness (QED) is 0.161. The highest BCUT2D eigenvalue weighted by atomic mass is 32.2. The average molecular weight is 613 g/mol. The molecular formula is C36H31F3N2O2S. The summed E-state index contributed by atoms with van der Waals surface area (Å²) in [5.41, 5.74) is 3.29. The van der Waals surface area contributed by atoms with Crippen LogP contribution < -0.4 is 4.72 Å². The number of aryl methyl sites for hydroxylation is 1. The second-order valence-corrected chi connectivity index (χ2v) is 12.2. The molecule has 4 nitrogen and oxygen atoms in total. The molecule has 0 heterocycles. The fraction of sp³-hybridized carbons (Fsp3) is 0.139. The van der Waals surface area contributed by atoms with E-state index in [1.165, 1.54) is 18.2 Å². The smallest absolute Gasteiger partial charge is 0.275 e. The van der Waals surface area contributed by atoms with Crippen molar-refractivity contribution in [3.8, 4) is 0 Å². The highest BCUT2D eigenvalue weighted by Crippen LogP contribution is 2.38. The Balaban J connectivity index is 1.69. The van der Waals surface area contributed by atoms with E-state index in [9.17, 15) is 21.6 Å². The molecule has 0 unspecified atom stereocenters. The van der Waals surface area contributed by atoms with E-state index < -0.39 is 33.7 Å². The van der Waals surface area contributed by atoms with Crippen LogP contribution in [0.5, 0.6) is 0 Å². The van der Waals surface area contributed by atoms with Gasteiger partial charge in [-0.2, -0.15) is 13.2 Å². The Bertz CT molecular complexity index is 1770. The molecule has 0 aromatic heterocycles. The van der Waals surface area contributed by atoms with Crippen LogP contribution in [0.1, 0.15) is 45.3 Å². The molecule has 0 bridgehead atoms. The van der Waals surface area contributed by atoms with Gasteiger partial charge in [0.2, 0.25) is 10.0 Å². The SMILES string of the molecule is Cc1ccc(S(=O)(=O)NC[C@@H](c2ccccc2)[C@H](N=C(c2ccccc2)c2ccccc2)c2cccc(C(F)(F)F)c2)cc1. The summed E-state index contributed by atoms with van der Waals surface area (Å²) in [6.07, 6.45) is -4.57. The molecule has 5 rings (SSSR count). The molecule has 1 N–H and O–H groups in total. The number of alkyl halides is 3. The number of aliphatic imine (C=N–C) groups is 1. The van der Waals surface area contributed by atoms with E-state index in [1.54, 1.807) is 18.2 Å². The van der Waals surface area contributed by atoms with Gasteiger partial charge < -0.3 is 0 Å². The van der Waals surface area contributed by atoms with Gasteiger partial charge in [-0.3, -0.25) is 4.99 Å². The average Bonchev–Trinajstić information content (AvgIpc) is 3.04. The molecule has 44 heavy (non-hydrogen) atoms. The molecule has 0 aliphatic rings. The summed E-state index contributed by atoms with van der Waals surface area (Å²) in [5.74, 6) is -0.665. The molecule has 0 radical (unpaired) electrons. The minimum atomic E-state index is -4.57. The topological polar surface area (TPSA) is 58.5 Å². The van der Waals surface area contributed by atoms with Gasteiger partial charge in [-0.05, 0) is 42.3 Å². The zero-order valence-corrected chi connectivity index (χ0v) is 24.8. The molecule has 0 saturated carbocycles. The van der Waals surface area contributed by atoms with Crippen LogP contribution in [0.2, 0.25) is 0 Å². The highest BCUT2D eigenvalue weighted by Gasteiger charge is 2.33. The Kier molecular flexibility index (Phi) is 9.42. The molecule has 224 valence electrons. The van der Waals surface area contributed by atoms with Crippen LogP contribution in [0.25, 0.3) is 0 Å². The number of hydrogen-bond acceptors (Lipinski definition) is 3. The number of halogens is 3. The lowest BCUT2D eigenvalue weighted by Gasteiger charge is -2.27. The second-order valence-electron chi connectivity index (χ2n) is 10.5. The number of nitrogens with zero attached hydrogens (tertiary/aromatic N) is 1. The van der Waals surface area contributed by atoms with Gasteiger partial charge in [0.1, 0.15) is 0 Å². The lowest BCUT2D eigenvalue weighted by molar-refractivity contribution is -0.137. The van der Waals surface area contributed by atoms with Crippen LogP contribution in [-0.2, 0) is 16.2 Å². The van der Waals surface area contributed by atoms with E-state index in [0.717, 1.165) is 34.4 Å². The predicted octanol–water partition coefficient (Wildman–Crippen LogP) is 8.35. The van der Waals surface area contributed by atoms with Crippen LogP contribution in [0.15, 0.2) is 149 Å². The summed E-state index contributed by atoms with van der Waals surface area (Å²) < 4.78 is 71.3. The summed E-state index contributed by atoms with van der Waals surface area (Å²) in [7, 11) is -3.94. The van der Waals surface area contributed by atoms with Crippen molar-refractivity contribution in [2.45, 2.75) is 30.0 Å². The first kappa shape index (κ1) is 30.9. The first-order valence-corrected chi connectivity index (χ1v) is 15.6. The standard InChI is InChI=1S/C36H31F3N2O2S/c1-26-20-22-32(23-21-26)44(42,43)40-25-33(27-12-5-2-6-13-27)35(30-18-11-19-31(24-30)36(37,38)39)41-34(28-14-7-3-8-15-28)29-16-9-4-10-17-29/h2-24,33,35,40H,25H2,1H3/t33-,35+/m0/s1. The molecule has 5 aromatic rings. The molecular weight excluding hydrogens is 581 g/mol. The maximum atomic E-state index is 13.9. The second kappa shape index (κ2) is 13.4. The Morgan fingerprint density at radius 1 is 0.705 bits per heavy atom. The van der Waals surface area contributed by atoms with E-state index in [-0.39, 0.29) is 11.4 Å². The van der Waals surface area contributed by atoms with Crippen molar-refractivity contribution in [3.05, 3.63) is 173 Å². The lowest BCUT2D eigenvalue weighted by atomic mass is 9.86. The van der Waals surface area contributed by atoms with Crippen molar-refractivity contribution < 1.29 is 21.6 Å². The molecule has 0 saturated heterocycles. The summed E-state index contributed by atoms with van der Waals surface area (Å²) in [4.78, 5) is 5.29. The predicted molar refractivity (Wildman–Crippen MR) is 168 cm³/mol. The molecule has 0 aliphatic heterocycles. The number of hydrogen-bond donors (Lipinski definition) is 1. The van der Waals surface area contributed by atoms with Crippen molar-refractivity contribution in [1.29, 1.82) is 0 Å².